The molecule has 1 saturated heterocycles. The fourth-order valence-corrected chi connectivity index (χ4v) is 3.73. The zero-order valence-corrected chi connectivity index (χ0v) is 9.29. The highest BCUT2D eigenvalue weighted by Gasteiger charge is 2.41. The minimum absolute atomic E-state index is 0. The van der Waals surface area contributed by atoms with Crippen LogP contribution in [0, 0.1) is 17.8 Å². The molecule has 0 aromatic rings. The topological polar surface area (TPSA) is 3.24 Å². The summed E-state index contributed by atoms with van der Waals surface area (Å²) < 4.78 is 0. The summed E-state index contributed by atoms with van der Waals surface area (Å²) in [6.45, 7) is 6.14. The molecule has 3 atom stereocenters. The SMILES string of the molecule is CC(C)[C@@H]1C2CCCCC2CN1C.[HH].[HH]. The van der Waals surface area contributed by atoms with Crippen molar-refractivity contribution in [1.29, 1.82) is 0 Å². The molecule has 0 aromatic heterocycles. The molecule has 0 N–H and O–H groups in total. The normalized spacial score (nSPS) is 41.1. The third-order valence-electron chi connectivity index (χ3n) is 4.12. The lowest BCUT2D eigenvalue weighted by molar-refractivity contribution is 0.186. The molecule has 2 fully saturated rings. The predicted octanol–water partition coefficient (Wildman–Crippen LogP) is 3.25. The Balaban J connectivity index is 0.000000980. The summed E-state index contributed by atoms with van der Waals surface area (Å²) in [5, 5.41) is 0. The number of hydrogen-bond acceptors (Lipinski definition) is 1. The fraction of sp³-hybridized carbons (Fsp3) is 1.00. The second-order valence-electron chi connectivity index (χ2n) is 5.38. The van der Waals surface area contributed by atoms with Gasteiger partial charge in [-0.2, -0.15) is 0 Å². The summed E-state index contributed by atoms with van der Waals surface area (Å²) in [6.07, 6.45) is 5.97. The van der Waals surface area contributed by atoms with Gasteiger partial charge in [-0.15, -0.1) is 0 Å². The molecular weight excluding hydrogens is 158 g/mol. The first-order chi connectivity index (χ1) is 6.20. The fourth-order valence-electron chi connectivity index (χ4n) is 3.73. The van der Waals surface area contributed by atoms with Crippen LogP contribution in [-0.2, 0) is 0 Å². The van der Waals surface area contributed by atoms with Crippen molar-refractivity contribution >= 4 is 0 Å². The van der Waals surface area contributed by atoms with Gasteiger partial charge in [0.25, 0.3) is 0 Å². The van der Waals surface area contributed by atoms with E-state index in [0.717, 1.165) is 23.8 Å². The predicted molar refractivity (Wildman–Crippen MR) is 60.9 cm³/mol. The molecule has 1 saturated carbocycles. The van der Waals surface area contributed by atoms with Gasteiger partial charge in [0.2, 0.25) is 0 Å². The van der Waals surface area contributed by atoms with E-state index in [2.05, 4.69) is 25.8 Å². The van der Waals surface area contributed by atoms with E-state index in [1.54, 1.807) is 0 Å². The molecule has 2 unspecified atom stereocenters. The van der Waals surface area contributed by atoms with Crippen LogP contribution in [0.2, 0.25) is 0 Å². The third-order valence-corrected chi connectivity index (χ3v) is 4.12. The molecule has 0 bridgehead atoms. The van der Waals surface area contributed by atoms with Crippen molar-refractivity contribution in [3.8, 4) is 0 Å². The van der Waals surface area contributed by atoms with Crippen LogP contribution in [0.1, 0.15) is 42.4 Å². The van der Waals surface area contributed by atoms with Crippen LogP contribution in [0.25, 0.3) is 0 Å². The van der Waals surface area contributed by atoms with Crippen LogP contribution < -0.4 is 0 Å². The first kappa shape index (κ1) is 9.51. The summed E-state index contributed by atoms with van der Waals surface area (Å²) in [5.41, 5.74) is 0. The smallest absolute Gasteiger partial charge is 0.0147 e. The first-order valence-corrected chi connectivity index (χ1v) is 5.90. The number of fused-ring (bicyclic) bond motifs is 1. The van der Waals surface area contributed by atoms with Gasteiger partial charge in [-0.1, -0.05) is 26.7 Å². The molecule has 1 heterocycles. The average molecular weight is 185 g/mol. The Bertz CT molecular complexity index is 184. The summed E-state index contributed by atoms with van der Waals surface area (Å²) in [6, 6.07) is 0.880. The highest BCUT2D eigenvalue weighted by molar-refractivity contribution is 4.94. The third kappa shape index (κ3) is 1.63. The van der Waals surface area contributed by atoms with Crippen molar-refractivity contribution in [3.05, 3.63) is 0 Å². The van der Waals surface area contributed by atoms with Gasteiger partial charge in [-0.3, -0.25) is 0 Å². The Kier molecular flexibility index (Phi) is 2.64. The van der Waals surface area contributed by atoms with Crippen LogP contribution in [0.5, 0.6) is 0 Å². The lowest BCUT2D eigenvalue weighted by atomic mass is 9.76. The lowest BCUT2D eigenvalue weighted by Crippen LogP contribution is -2.34. The van der Waals surface area contributed by atoms with Crippen LogP contribution >= 0.6 is 0 Å². The highest BCUT2D eigenvalue weighted by Crippen LogP contribution is 2.41. The van der Waals surface area contributed by atoms with Gasteiger partial charge in [-0.25, -0.2) is 0 Å². The second-order valence-corrected chi connectivity index (χ2v) is 5.38. The molecule has 1 aliphatic carbocycles. The molecular formula is C12H27N. The number of nitrogens with zero attached hydrogens (tertiary/aromatic N) is 1. The summed E-state index contributed by atoms with van der Waals surface area (Å²) in [5.74, 6) is 2.91. The van der Waals surface area contributed by atoms with E-state index in [4.69, 9.17) is 0 Å². The molecule has 0 radical (unpaired) electrons. The van der Waals surface area contributed by atoms with E-state index < -0.39 is 0 Å². The second kappa shape index (κ2) is 3.61. The number of hydrogen-bond donors (Lipinski definition) is 0. The number of likely N-dealkylation sites (tertiary alicyclic amines) is 1. The molecule has 80 valence electrons. The van der Waals surface area contributed by atoms with E-state index in [1.165, 1.54) is 32.2 Å². The van der Waals surface area contributed by atoms with Crippen molar-refractivity contribution in [2.45, 2.75) is 45.6 Å². The van der Waals surface area contributed by atoms with E-state index in [-0.39, 0.29) is 2.85 Å². The Morgan fingerprint density at radius 1 is 1.23 bits per heavy atom. The van der Waals surface area contributed by atoms with Gasteiger partial charge in [-0.05, 0) is 37.6 Å². The average Bonchev–Trinajstić information content (AvgIpc) is 2.39. The summed E-state index contributed by atoms with van der Waals surface area (Å²) >= 11 is 0. The minimum Gasteiger partial charge on any atom is -0.303 e. The van der Waals surface area contributed by atoms with Crippen molar-refractivity contribution in [3.63, 3.8) is 0 Å². The molecule has 0 spiro atoms. The monoisotopic (exact) mass is 185 g/mol. The molecule has 2 aliphatic rings. The number of rotatable bonds is 1. The van der Waals surface area contributed by atoms with Crippen LogP contribution in [0.15, 0.2) is 0 Å². The molecule has 0 amide bonds. The van der Waals surface area contributed by atoms with Crippen molar-refractivity contribution in [2.24, 2.45) is 17.8 Å². The van der Waals surface area contributed by atoms with Gasteiger partial charge in [0.15, 0.2) is 0 Å². The van der Waals surface area contributed by atoms with Crippen molar-refractivity contribution < 1.29 is 2.85 Å². The Hall–Kier alpha value is -0.0400. The largest absolute Gasteiger partial charge is 0.303 e. The summed E-state index contributed by atoms with van der Waals surface area (Å²) in [7, 11) is 2.32. The maximum Gasteiger partial charge on any atom is 0.0147 e. The van der Waals surface area contributed by atoms with E-state index in [1.807, 2.05) is 0 Å². The quantitative estimate of drug-likeness (QED) is 0.606. The standard InChI is InChI=1S/C12H23N.2H2/c1-9(2)12-11-7-5-4-6-10(11)8-13(12)3;;/h9-12H,4-8H2,1-3H3;2*1H/t10?,11?,12-;;/m1../s1. The van der Waals surface area contributed by atoms with Crippen molar-refractivity contribution in [2.75, 3.05) is 13.6 Å². The van der Waals surface area contributed by atoms with Gasteiger partial charge in [0.1, 0.15) is 0 Å². The van der Waals surface area contributed by atoms with Crippen LogP contribution in [0.4, 0.5) is 0 Å². The molecule has 13 heavy (non-hydrogen) atoms. The zero-order valence-electron chi connectivity index (χ0n) is 9.29. The van der Waals surface area contributed by atoms with E-state index >= 15 is 0 Å². The molecule has 1 aliphatic heterocycles. The maximum absolute atomic E-state index is 2.62. The van der Waals surface area contributed by atoms with E-state index in [0.29, 0.717) is 0 Å². The molecule has 0 aromatic carbocycles. The lowest BCUT2D eigenvalue weighted by Gasteiger charge is -2.32. The van der Waals surface area contributed by atoms with Gasteiger partial charge in [0.05, 0.1) is 0 Å². The van der Waals surface area contributed by atoms with Crippen LogP contribution in [0.3, 0.4) is 0 Å². The highest BCUT2D eigenvalue weighted by atomic mass is 15.2. The Morgan fingerprint density at radius 3 is 2.62 bits per heavy atom. The first-order valence-electron chi connectivity index (χ1n) is 5.90. The molecule has 1 heteroatoms. The van der Waals surface area contributed by atoms with Gasteiger partial charge in [0, 0.05) is 15.4 Å². The zero-order chi connectivity index (χ0) is 9.42. The molecule has 1 nitrogen and oxygen atoms in total. The minimum atomic E-state index is 0. The molecule has 2 rings (SSSR count). The maximum atomic E-state index is 2.62. The van der Waals surface area contributed by atoms with E-state index in [9.17, 15) is 0 Å². The van der Waals surface area contributed by atoms with Gasteiger partial charge < -0.3 is 4.90 Å². The summed E-state index contributed by atoms with van der Waals surface area (Å²) in [4.78, 5) is 2.62. The Labute approximate surface area is 85.5 Å². The van der Waals surface area contributed by atoms with Crippen LogP contribution in [-0.4, -0.2) is 24.5 Å². The Morgan fingerprint density at radius 2 is 1.92 bits per heavy atom. The van der Waals surface area contributed by atoms with Crippen molar-refractivity contribution in [1.82, 2.24) is 4.90 Å². The van der Waals surface area contributed by atoms with Gasteiger partial charge >= 0.3 is 0 Å².